The maximum absolute atomic E-state index is 12.5. The fourth-order valence-corrected chi connectivity index (χ4v) is 2.67. The summed E-state index contributed by atoms with van der Waals surface area (Å²) in [7, 11) is 3.17. The van der Waals surface area contributed by atoms with Crippen molar-refractivity contribution >= 4 is 5.91 Å². The molecule has 1 aliphatic heterocycles. The highest BCUT2D eigenvalue weighted by molar-refractivity contribution is 5.95. The Morgan fingerprint density at radius 1 is 1.00 bits per heavy atom. The first-order valence-corrected chi connectivity index (χ1v) is 8.05. The van der Waals surface area contributed by atoms with Gasteiger partial charge in [-0.05, 0) is 42.8 Å². The largest absolute Gasteiger partial charge is 0.493 e. The van der Waals surface area contributed by atoms with Gasteiger partial charge in [0.05, 0.1) is 20.3 Å². The zero-order valence-corrected chi connectivity index (χ0v) is 14.5. The van der Waals surface area contributed by atoms with Gasteiger partial charge in [-0.25, -0.2) is 0 Å². The van der Waals surface area contributed by atoms with Gasteiger partial charge >= 0.3 is 0 Å². The molecule has 6 nitrogen and oxygen atoms in total. The van der Waals surface area contributed by atoms with E-state index in [1.165, 1.54) is 0 Å². The van der Waals surface area contributed by atoms with Crippen LogP contribution in [-0.2, 0) is 0 Å². The van der Waals surface area contributed by atoms with Gasteiger partial charge in [0, 0.05) is 5.56 Å². The van der Waals surface area contributed by atoms with Crippen molar-refractivity contribution in [1.29, 1.82) is 0 Å². The van der Waals surface area contributed by atoms with Crippen LogP contribution in [0.5, 0.6) is 23.0 Å². The lowest BCUT2D eigenvalue weighted by Gasteiger charge is -2.20. The number of fused-ring (bicyclic) bond motifs is 1. The molecule has 1 heterocycles. The Morgan fingerprint density at radius 2 is 1.72 bits per heavy atom. The summed E-state index contributed by atoms with van der Waals surface area (Å²) in [6.45, 7) is 2.92. The number of methoxy groups -OCH3 is 2. The number of hydrogen-bond acceptors (Lipinski definition) is 5. The fraction of sp³-hybridized carbons (Fsp3) is 0.316. The lowest BCUT2D eigenvalue weighted by atomic mass is 10.1. The molecule has 1 N–H and O–H groups in total. The summed E-state index contributed by atoms with van der Waals surface area (Å²) in [4.78, 5) is 12.5. The minimum atomic E-state index is -0.194. The Morgan fingerprint density at radius 3 is 2.44 bits per heavy atom. The SMILES string of the molecule is COc1ccc([C@H](C)NC(=O)c2ccc3c(c2)OCCO3)cc1OC. The van der Waals surface area contributed by atoms with Gasteiger partial charge in [0.2, 0.25) is 0 Å². The van der Waals surface area contributed by atoms with Gasteiger partial charge in [-0.15, -0.1) is 0 Å². The second-order valence-electron chi connectivity index (χ2n) is 5.67. The molecule has 0 radical (unpaired) electrons. The van der Waals surface area contributed by atoms with Crippen molar-refractivity contribution in [3.63, 3.8) is 0 Å². The van der Waals surface area contributed by atoms with E-state index in [2.05, 4.69) is 5.32 Å². The Labute approximate surface area is 146 Å². The van der Waals surface area contributed by atoms with Crippen LogP contribution in [0.4, 0.5) is 0 Å². The normalized spacial score (nSPS) is 13.7. The van der Waals surface area contributed by atoms with Gasteiger partial charge in [-0.3, -0.25) is 4.79 Å². The average molecular weight is 343 g/mol. The molecule has 0 aromatic heterocycles. The molecular weight excluding hydrogens is 322 g/mol. The van der Waals surface area contributed by atoms with Gasteiger partial charge in [0.25, 0.3) is 5.91 Å². The molecule has 1 atom stereocenters. The lowest BCUT2D eigenvalue weighted by Crippen LogP contribution is -2.27. The van der Waals surface area contributed by atoms with Gasteiger partial charge < -0.3 is 24.3 Å². The second-order valence-corrected chi connectivity index (χ2v) is 5.67. The van der Waals surface area contributed by atoms with E-state index in [9.17, 15) is 4.79 Å². The predicted molar refractivity (Wildman–Crippen MR) is 92.9 cm³/mol. The number of nitrogens with one attached hydrogen (secondary N) is 1. The van der Waals surface area contributed by atoms with Crippen molar-refractivity contribution < 1.29 is 23.7 Å². The standard InChI is InChI=1S/C19H21NO5/c1-12(13-4-6-15(22-2)17(10-13)23-3)20-19(21)14-5-7-16-18(11-14)25-9-8-24-16/h4-7,10-12H,8-9H2,1-3H3,(H,20,21)/t12-/m0/s1. The highest BCUT2D eigenvalue weighted by Gasteiger charge is 2.17. The summed E-state index contributed by atoms with van der Waals surface area (Å²) < 4.78 is 21.5. The quantitative estimate of drug-likeness (QED) is 0.904. The summed E-state index contributed by atoms with van der Waals surface area (Å²) in [5, 5.41) is 2.98. The van der Waals surface area contributed by atoms with Crippen LogP contribution in [0, 0.1) is 0 Å². The van der Waals surface area contributed by atoms with Crippen LogP contribution in [0.15, 0.2) is 36.4 Å². The van der Waals surface area contributed by atoms with Gasteiger partial charge in [0.15, 0.2) is 23.0 Å². The highest BCUT2D eigenvalue weighted by atomic mass is 16.6. The van der Waals surface area contributed by atoms with Crippen LogP contribution in [0.3, 0.4) is 0 Å². The maximum Gasteiger partial charge on any atom is 0.251 e. The van der Waals surface area contributed by atoms with Gasteiger partial charge in [0.1, 0.15) is 13.2 Å². The number of carbonyl (C=O) groups excluding carboxylic acids is 1. The molecule has 0 unspecified atom stereocenters. The minimum Gasteiger partial charge on any atom is -0.493 e. The highest BCUT2D eigenvalue weighted by Crippen LogP contribution is 2.32. The molecule has 0 aliphatic carbocycles. The van der Waals surface area contributed by atoms with E-state index >= 15 is 0 Å². The predicted octanol–water partition coefficient (Wildman–Crippen LogP) is 2.97. The van der Waals surface area contributed by atoms with E-state index in [1.54, 1.807) is 32.4 Å². The molecule has 0 fully saturated rings. The maximum atomic E-state index is 12.5. The average Bonchev–Trinajstić information content (AvgIpc) is 2.66. The smallest absolute Gasteiger partial charge is 0.251 e. The Kier molecular flexibility index (Phi) is 4.97. The Bertz CT molecular complexity index is 774. The van der Waals surface area contributed by atoms with E-state index in [0.29, 0.717) is 41.8 Å². The third-order valence-electron chi connectivity index (χ3n) is 4.06. The molecule has 6 heteroatoms. The number of hydrogen-bond donors (Lipinski definition) is 1. The van der Waals surface area contributed by atoms with E-state index in [0.717, 1.165) is 5.56 Å². The molecule has 132 valence electrons. The zero-order chi connectivity index (χ0) is 17.8. The van der Waals surface area contributed by atoms with Crippen LogP contribution in [-0.4, -0.2) is 33.3 Å². The van der Waals surface area contributed by atoms with Crippen LogP contribution in [0.2, 0.25) is 0 Å². The van der Waals surface area contributed by atoms with E-state index in [4.69, 9.17) is 18.9 Å². The van der Waals surface area contributed by atoms with E-state index in [-0.39, 0.29) is 11.9 Å². The molecule has 2 aromatic carbocycles. The number of benzene rings is 2. The van der Waals surface area contributed by atoms with E-state index < -0.39 is 0 Å². The molecule has 3 rings (SSSR count). The monoisotopic (exact) mass is 343 g/mol. The van der Waals surface area contributed by atoms with Crippen molar-refractivity contribution in [1.82, 2.24) is 5.32 Å². The van der Waals surface area contributed by atoms with Crippen LogP contribution >= 0.6 is 0 Å². The van der Waals surface area contributed by atoms with Crippen LogP contribution in [0.1, 0.15) is 28.9 Å². The third kappa shape index (κ3) is 3.63. The van der Waals surface area contributed by atoms with Crippen LogP contribution in [0.25, 0.3) is 0 Å². The van der Waals surface area contributed by atoms with E-state index in [1.807, 2.05) is 25.1 Å². The summed E-state index contributed by atoms with van der Waals surface area (Å²) >= 11 is 0. The van der Waals surface area contributed by atoms with Crippen molar-refractivity contribution in [2.45, 2.75) is 13.0 Å². The first-order valence-electron chi connectivity index (χ1n) is 8.05. The summed E-state index contributed by atoms with van der Waals surface area (Å²) in [6, 6.07) is 10.6. The molecule has 25 heavy (non-hydrogen) atoms. The van der Waals surface area contributed by atoms with Crippen molar-refractivity contribution in [2.24, 2.45) is 0 Å². The molecule has 1 aliphatic rings. The number of carbonyl (C=O) groups is 1. The Balaban J connectivity index is 1.74. The van der Waals surface area contributed by atoms with Gasteiger partial charge in [-0.1, -0.05) is 6.07 Å². The summed E-state index contributed by atoms with van der Waals surface area (Å²) in [5.74, 6) is 2.35. The van der Waals surface area contributed by atoms with Crippen molar-refractivity contribution in [3.8, 4) is 23.0 Å². The van der Waals surface area contributed by atoms with Crippen molar-refractivity contribution in [3.05, 3.63) is 47.5 Å². The number of amides is 1. The lowest BCUT2D eigenvalue weighted by molar-refractivity contribution is 0.0938. The zero-order valence-electron chi connectivity index (χ0n) is 14.5. The van der Waals surface area contributed by atoms with Crippen LogP contribution < -0.4 is 24.3 Å². The molecule has 0 bridgehead atoms. The fourth-order valence-electron chi connectivity index (χ4n) is 2.67. The summed E-state index contributed by atoms with van der Waals surface area (Å²) in [5.41, 5.74) is 1.44. The molecule has 1 amide bonds. The number of ether oxygens (including phenoxy) is 4. The first-order chi connectivity index (χ1) is 12.1. The molecule has 0 saturated heterocycles. The van der Waals surface area contributed by atoms with Gasteiger partial charge in [-0.2, -0.15) is 0 Å². The summed E-state index contributed by atoms with van der Waals surface area (Å²) in [6.07, 6.45) is 0. The topological polar surface area (TPSA) is 66.0 Å². The number of rotatable bonds is 5. The van der Waals surface area contributed by atoms with Crippen molar-refractivity contribution in [2.75, 3.05) is 27.4 Å². The molecule has 2 aromatic rings. The molecule has 0 saturated carbocycles. The third-order valence-corrected chi connectivity index (χ3v) is 4.06. The molecular formula is C19H21NO5. The first kappa shape index (κ1) is 17.0. The minimum absolute atomic E-state index is 0.181. The molecule has 0 spiro atoms. The second kappa shape index (κ2) is 7.34. The Hall–Kier alpha value is -2.89.